The van der Waals surface area contributed by atoms with E-state index in [1.165, 1.54) is 17.7 Å². The zero-order valence-corrected chi connectivity index (χ0v) is 13.1. The van der Waals surface area contributed by atoms with Crippen LogP contribution in [0.3, 0.4) is 0 Å². The van der Waals surface area contributed by atoms with Gasteiger partial charge in [0, 0.05) is 25.8 Å². The van der Waals surface area contributed by atoms with Crippen molar-refractivity contribution in [2.45, 2.75) is 71.1 Å². The number of hydrogen-bond acceptors (Lipinski definition) is 4. The van der Waals surface area contributed by atoms with E-state index in [0.717, 1.165) is 32.1 Å². The SMILES string of the molecule is CCCCCCOC(=O)CCCCCN1C(=O)CCC1=O. The van der Waals surface area contributed by atoms with Crippen molar-refractivity contribution in [1.82, 2.24) is 4.90 Å². The van der Waals surface area contributed by atoms with Crippen LogP contribution in [0, 0.1) is 0 Å². The minimum absolute atomic E-state index is 0.0634. The number of amides is 2. The van der Waals surface area contributed by atoms with Gasteiger partial charge in [-0.3, -0.25) is 19.3 Å². The fourth-order valence-electron chi connectivity index (χ4n) is 2.38. The van der Waals surface area contributed by atoms with Gasteiger partial charge in [0.05, 0.1) is 6.61 Å². The Hall–Kier alpha value is -1.39. The zero-order valence-electron chi connectivity index (χ0n) is 13.1. The van der Waals surface area contributed by atoms with Gasteiger partial charge in [0.15, 0.2) is 0 Å². The highest BCUT2D eigenvalue weighted by Crippen LogP contribution is 2.13. The predicted octanol–water partition coefficient (Wildman–Crippen LogP) is 2.82. The third-order valence-electron chi connectivity index (χ3n) is 3.68. The van der Waals surface area contributed by atoms with Crippen LogP contribution >= 0.6 is 0 Å². The molecule has 120 valence electrons. The summed E-state index contributed by atoms with van der Waals surface area (Å²) in [5, 5.41) is 0. The van der Waals surface area contributed by atoms with Crippen LogP contribution in [0.1, 0.15) is 71.1 Å². The molecule has 1 rings (SSSR count). The Bertz CT molecular complexity index is 338. The van der Waals surface area contributed by atoms with Gasteiger partial charge in [0.25, 0.3) is 0 Å². The van der Waals surface area contributed by atoms with E-state index in [0.29, 0.717) is 32.4 Å². The summed E-state index contributed by atoms with van der Waals surface area (Å²) in [5.74, 6) is -0.266. The van der Waals surface area contributed by atoms with Crippen molar-refractivity contribution in [3.63, 3.8) is 0 Å². The number of carbonyl (C=O) groups is 3. The molecule has 5 heteroatoms. The highest BCUT2D eigenvalue weighted by Gasteiger charge is 2.27. The molecule has 1 aliphatic heterocycles. The average molecular weight is 297 g/mol. The lowest BCUT2D eigenvalue weighted by Crippen LogP contribution is -2.29. The molecule has 0 aromatic heterocycles. The van der Waals surface area contributed by atoms with Crippen molar-refractivity contribution in [1.29, 1.82) is 0 Å². The van der Waals surface area contributed by atoms with Gasteiger partial charge in [-0.2, -0.15) is 0 Å². The summed E-state index contributed by atoms with van der Waals surface area (Å²) in [7, 11) is 0. The molecule has 0 saturated carbocycles. The summed E-state index contributed by atoms with van der Waals surface area (Å²) in [6, 6.07) is 0. The highest BCUT2D eigenvalue weighted by molar-refractivity contribution is 6.01. The molecular weight excluding hydrogens is 270 g/mol. The third kappa shape index (κ3) is 7.25. The minimum Gasteiger partial charge on any atom is -0.466 e. The minimum atomic E-state index is -0.139. The van der Waals surface area contributed by atoms with E-state index < -0.39 is 0 Å². The van der Waals surface area contributed by atoms with Gasteiger partial charge in [0.2, 0.25) is 11.8 Å². The molecule has 0 aliphatic carbocycles. The Morgan fingerprint density at radius 1 is 1.00 bits per heavy atom. The lowest BCUT2D eigenvalue weighted by Gasteiger charge is -2.12. The van der Waals surface area contributed by atoms with Crippen molar-refractivity contribution in [2.24, 2.45) is 0 Å². The maximum absolute atomic E-state index is 11.5. The van der Waals surface area contributed by atoms with Crippen LogP contribution in [-0.2, 0) is 19.1 Å². The Balaban J connectivity index is 1.95. The first kappa shape index (κ1) is 17.7. The summed E-state index contributed by atoms with van der Waals surface area (Å²) >= 11 is 0. The quantitative estimate of drug-likeness (QED) is 0.334. The summed E-state index contributed by atoms with van der Waals surface area (Å²) in [6.45, 7) is 3.16. The van der Waals surface area contributed by atoms with Gasteiger partial charge >= 0.3 is 5.97 Å². The standard InChI is InChI=1S/C16H27NO4/c1-2-3-4-8-13-21-16(20)9-6-5-7-12-17-14(18)10-11-15(17)19/h2-13H2,1H3. The van der Waals surface area contributed by atoms with E-state index in [-0.39, 0.29) is 17.8 Å². The number of nitrogens with zero attached hydrogens (tertiary/aromatic N) is 1. The lowest BCUT2D eigenvalue weighted by atomic mass is 10.2. The number of esters is 1. The number of hydrogen-bond donors (Lipinski definition) is 0. The maximum Gasteiger partial charge on any atom is 0.305 e. The predicted molar refractivity (Wildman–Crippen MR) is 79.5 cm³/mol. The van der Waals surface area contributed by atoms with Crippen LogP contribution in [0.15, 0.2) is 0 Å². The molecule has 0 radical (unpaired) electrons. The molecular formula is C16H27NO4. The van der Waals surface area contributed by atoms with E-state index >= 15 is 0 Å². The first-order valence-electron chi connectivity index (χ1n) is 8.14. The molecule has 0 spiro atoms. The van der Waals surface area contributed by atoms with E-state index in [1.54, 1.807) is 0 Å². The first-order chi connectivity index (χ1) is 10.1. The molecule has 0 aromatic rings. The summed E-state index contributed by atoms with van der Waals surface area (Å²) in [5.41, 5.74) is 0. The fourth-order valence-corrected chi connectivity index (χ4v) is 2.38. The molecule has 1 fully saturated rings. The Labute approximate surface area is 127 Å². The molecule has 2 amide bonds. The molecule has 0 N–H and O–H groups in total. The van der Waals surface area contributed by atoms with Crippen LogP contribution in [0.4, 0.5) is 0 Å². The van der Waals surface area contributed by atoms with Gasteiger partial charge < -0.3 is 4.74 Å². The van der Waals surface area contributed by atoms with Crippen LogP contribution < -0.4 is 0 Å². The molecule has 1 heterocycles. The average Bonchev–Trinajstić information content (AvgIpc) is 2.78. The van der Waals surface area contributed by atoms with Crippen LogP contribution in [0.2, 0.25) is 0 Å². The second-order valence-corrected chi connectivity index (χ2v) is 5.53. The van der Waals surface area contributed by atoms with Gasteiger partial charge in [-0.25, -0.2) is 0 Å². The zero-order chi connectivity index (χ0) is 15.5. The topological polar surface area (TPSA) is 63.7 Å². The third-order valence-corrected chi connectivity index (χ3v) is 3.68. The van der Waals surface area contributed by atoms with E-state index in [1.807, 2.05) is 0 Å². The van der Waals surface area contributed by atoms with Crippen LogP contribution in [0.25, 0.3) is 0 Å². The normalized spacial score (nSPS) is 14.8. The molecule has 0 atom stereocenters. The number of unbranched alkanes of at least 4 members (excludes halogenated alkanes) is 5. The molecule has 0 bridgehead atoms. The largest absolute Gasteiger partial charge is 0.466 e. The number of likely N-dealkylation sites (tertiary alicyclic amines) is 1. The molecule has 21 heavy (non-hydrogen) atoms. The van der Waals surface area contributed by atoms with Gasteiger partial charge in [-0.05, 0) is 19.3 Å². The monoisotopic (exact) mass is 297 g/mol. The molecule has 0 unspecified atom stereocenters. The second kappa shape index (κ2) is 10.4. The Morgan fingerprint density at radius 3 is 2.33 bits per heavy atom. The van der Waals surface area contributed by atoms with Crippen molar-refractivity contribution < 1.29 is 19.1 Å². The second-order valence-electron chi connectivity index (χ2n) is 5.53. The Morgan fingerprint density at radius 2 is 1.67 bits per heavy atom. The number of ether oxygens (including phenoxy) is 1. The highest BCUT2D eigenvalue weighted by atomic mass is 16.5. The van der Waals surface area contributed by atoms with Crippen molar-refractivity contribution in [3.8, 4) is 0 Å². The van der Waals surface area contributed by atoms with Crippen molar-refractivity contribution in [3.05, 3.63) is 0 Å². The van der Waals surface area contributed by atoms with E-state index in [9.17, 15) is 14.4 Å². The summed E-state index contributed by atoms with van der Waals surface area (Å²) in [6.07, 6.45) is 7.90. The maximum atomic E-state index is 11.5. The Kier molecular flexibility index (Phi) is 8.71. The molecule has 5 nitrogen and oxygen atoms in total. The summed E-state index contributed by atoms with van der Waals surface area (Å²) in [4.78, 5) is 35.6. The van der Waals surface area contributed by atoms with E-state index in [2.05, 4.69) is 6.92 Å². The van der Waals surface area contributed by atoms with Gasteiger partial charge in [-0.1, -0.05) is 32.6 Å². The molecule has 1 aliphatic rings. The molecule has 0 aromatic carbocycles. The molecule has 1 saturated heterocycles. The van der Waals surface area contributed by atoms with Crippen LogP contribution in [-0.4, -0.2) is 35.8 Å². The number of rotatable bonds is 11. The van der Waals surface area contributed by atoms with E-state index in [4.69, 9.17) is 4.74 Å². The van der Waals surface area contributed by atoms with Crippen LogP contribution in [0.5, 0.6) is 0 Å². The number of carbonyl (C=O) groups excluding carboxylic acids is 3. The smallest absolute Gasteiger partial charge is 0.305 e. The van der Waals surface area contributed by atoms with Gasteiger partial charge in [0.1, 0.15) is 0 Å². The number of imide groups is 1. The lowest BCUT2D eigenvalue weighted by molar-refractivity contribution is -0.144. The first-order valence-corrected chi connectivity index (χ1v) is 8.14. The van der Waals surface area contributed by atoms with Crippen molar-refractivity contribution >= 4 is 17.8 Å². The van der Waals surface area contributed by atoms with Crippen molar-refractivity contribution in [2.75, 3.05) is 13.2 Å². The fraction of sp³-hybridized carbons (Fsp3) is 0.812. The summed E-state index contributed by atoms with van der Waals surface area (Å²) < 4.78 is 5.15. The van der Waals surface area contributed by atoms with Gasteiger partial charge in [-0.15, -0.1) is 0 Å².